The minimum absolute atomic E-state index is 0.00766. The maximum absolute atomic E-state index is 12.4. The first-order valence-electron chi connectivity index (χ1n) is 6.96. The van der Waals surface area contributed by atoms with Gasteiger partial charge in [0.1, 0.15) is 5.54 Å². The minimum Gasteiger partial charge on any atom is -0.389 e. The van der Waals surface area contributed by atoms with Gasteiger partial charge in [-0.05, 0) is 38.2 Å². The number of hydrogen-bond donors (Lipinski definition) is 2. The van der Waals surface area contributed by atoms with Crippen LogP contribution in [0.1, 0.15) is 26.7 Å². The Morgan fingerprint density at radius 1 is 1.40 bits per heavy atom. The number of carbonyl (C=O) groups excluding carboxylic acids is 2. The van der Waals surface area contributed by atoms with Gasteiger partial charge in [0.2, 0.25) is 0 Å². The van der Waals surface area contributed by atoms with Crippen LogP contribution in [0, 0.1) is 0 Å². The number of carbonyl (C=O) groups is 2. The van der Waals surface area contributed by atoms with Crippen molar-refractivity contribution in [2.24, 2.45) is 0 Å². The summed E-state index contributed by atoms with van der Waals surface area (Å²) in [5.74, 6) is 1.55. The summed E-state index contributed by atoms with van der Waals surface area (Å²) < 4.78 is 5.30. The van der Waals surface area contributed by atoms with E-state index < -0.39 is 17.7 Å². The molecule has 0 saturated carbocycles. The first-order chi connectivity index (χ1) is 9.44. The Bertz CT molecular complexity index is 383. The number of hydrogen-bond acceptors (Lipinski definition) is 5. The lowest BCUT2D eigenvalue weighted by molar-refractivity contribution is -0.133. The summed E-state index contributed by atoms with van der Waals surface area (Å²) in [5.41, 5.74) is -0.735. The number of imide groups is 1. The van der Waals surface area contributed by atoms with Crippen LogP contribution in [0.5, 0.6) is 0 Å². The highest BCUT2D eigenvalue weighted by molar-refractivity contribution is 7.99. The number of urea groups is 1. The summed E-state index contributed by atoms with van der Waals surface area (Å²) in [4.78, 5) is 25.5. The Morgan fingerprint density at radius 2 is 2.05 bits per heavy atom. The molecule has 1 atom stereocenters. The summed E-state index contributed by atoms with van der Waals surface area (Å²) in [5, 5.41) is 12.7. The Hall–Kier alpha value is -0.790. The van der Waals surface area contributed by atoms with Crippen molar-refractivity contribution in [2.75, 3.05) is 24.7 Å². The van der Waals surface area contributed by atoms with Gasteiger partial charge in [-0.1, -0.05) is 0 Å². The summed E-state index contributed by atoms with van der Waals surface area (Å²) in [6.45, 7) is 3.86. The molecule has 2 heterocycles. The third kappa shape index (κ3) is 3.27. The van der Waals surface area contributed by atoms with Crippen LogP contribution in [0.3, 0.4) is 0 Å². The first-order valence-corrected chi connectivity index (χ1v) is 8.11. The summed E-state index contributed by atoms with van der Waals surface area (Å²) in [6, 6.07) is -0.398. The molecular weight excluding hydrogens is 280 g/mol. The Balaban J connectivity index is 1.95. The van der Waals surface area contributed by atoms with Crippen molar-refractivity contribution in [1.82, 2.24) is 10.2 Å². The normalized spacial score (nSPS) is 23.5. The smallest absolute Gasteiger partial charge is 0.325 e. The number of thioether (sulfide) groups is 1. The van der Waals surface area contributed by atoms with Crippen LogP contribution >= 0.6 is 11.8 Å². The number of β-amino-alcohol motifs (C(OH)–C–C–N with tert-alkyl or cyclic N) is 1. The lowest BCUT2D eigenvalue weighted by Gasteiger charge is -2.30. The standard InChI is InChI=1S/C13H22N2O4S/c1-9(2)19-8-10(16)7-15-11(17)13(14-12(15)18)3-5-20-6-4-13/h9-10,16H,3-8H2,1-2H3,(H,14,18). The van der Waals surface area contributed by atoms with Crippen molar-refractivity contribution < 1.29 is 19.4 Å². The molecule has 0 aromatic carbocycles. The van der Waals surface area contributed by atoms with Gasteiger partial charge in [0.05, 0.1) is 25.4 Å². The average molecular weight is 302 g/mol. The van der Waals surface area contributed by atoms with Gasteiger partial charge in [-0.2, -0.15) is 11.8 Å². The molecule has 7 heteroatoms. The van der Waals surface area contributed by atoms with E-state index in [2.05, 4.69) is 5.32 Å². The molecule has 2 saturated heterocycles. The van der Waals surface area contributed by atoms with Gasteiger partial charge in [0, 0.05) is 0 Å². The molecule has 2 aliphatic rings. The van der Waals surface area contributed by atoms with E-state index in [0.717, 1.165) is 16.4 Å². The molecule has 0 aromatic heterocycles. The van der Waals surface area contributed by atoms with E-state index in [0.29, 0.717) is 12.8 Å². The van der Waals surface area contributed by atoms with Crippen molar-refractivity contribution in [1.29, 1.82) is 0 Å². The largest absolute Gasteiger partial charge is 0.389 e. The third-order valence-corrected chi connectivity index (χ3v) is 4.59. The number of rotatable bonds is 5. The van der Waals surface area contributed by atoms with Crippen molar-refractivity contribution in [3.05, 3.63) is 0 Å². The van der Waals surface area contributed by atoms with Crippen LogP contribution in [0.25, 0.3) is 0 Å². The maximum Gasteiger partial charge on any atom is 0.325 e. The lowest BCUT2D eigenvalue weighted by Crippen LogP contribution is -2.50. The number of aliphatic hydroxyl groups is 1. The third-order valence-electron chi connectivity index (χ3n) is 3.61. The number of nitrogens with one attached hydrogen (secondary N) is 1. The van der Waals surface area contributed by atoms with Gasteiger partial charge in [-0.3, -0.25) is 9.69 Å². The summed E-state index contributed by atoms with van der Waals surface area (Å²) in [7, 11) is 0. The van der Waals surface area contributed by atoms with Crippen molar-refractivity contribution in [2.45, 2.75) is 44.4 Å². The van der Waals surface area contributed by atoms with Gasteiger partial charge >= 0.3 is 6.03 Å². The fraction of sp³-hybridized carbons (Fsp3) is 0.846. The van der Waals surface area contributed by atoms with Gasteiger partial charge in [0.15, 0.2) is 0 Å². The first kappa shape index (κ1) is 15.6. The highest BCUT2D eigenvalue weighted by Crippen LogP contribution is 2.32. The van der Waals surface area contributed by atoms with Crippen molar-refractivity contribution >= 4 is 23.7 Å². The Labute approximate surface area is 123 Å². The van der Waals surface area contributed by atoms with Crippen LogP contribution in [-0.4, -0.2) is 64.3 Å². The summed E-state index contributed by atoms with van der Waals surface area (Å²) >= 11 is 1.79. The predicted molar refractivity (Wildman–Crippen MR) is 76.6 cm³/mol. The highest BCUT2D eigenvalue weighted by Gasteiger charge is 2.51. The van der Waals surface area contributed by atoms with Gasteiger partial charge in [-0.15, -0.1) is 0 Å². The van der Waals surface area contributed by atoms with Gasteiger partial charge < -0.3 is 15.2 Å². The molecule has 0 aliphatic carbocycles. The molecule has 6 nitrogen and oxygen atoms in total. The fourth-order valence-corrected chi connectivity index (χ4v) is 3.66. The molecule has 0 aromatic rings. The average Bonchev–Trinajstić information content (AvgIpc) is 2.62. The van der Waals surface area contributed by atoms with Gasteiger partial charge in [-0.25, -0.2) is 4.79 Å². The molecule has 20 heavy (non-hydrogen) atoms. The maximum atomic E-state index is 12.4. The van der Waals surface area contributed by atoms with Crippen LogP contribution in [0.2, 0.25) is 0 Å². The van der Waals surface area contributed by atoms with Crippen molar-refractivity contribution in [3.63, 3.8) is 0 Å². The van der Waals surface area contributed by atoms with Crippen LogP contribution in [-0.2, 0) is 9.53 Å². The lowest BCUT2D eigenvalue weighted by atomic mass is 9.92. The molecule has 1 unspecified atom stereocenters. The zero-order chi connectivity index (χ0) is 14.8. The Kier molecular flexibility index (Phi) is 4.93. The molecule has 2 fully saturated rings. The number of nitrogens with zero attached hydrogens (tertiary/aromatic N) is 1. The van der Waals surface area contributed by atoms with Gasteiger partial charge in [0.25, 0.3) is 5.91 Å². The highest BCUT2D eigenvalue weighted by atomic mass is 32.2. The molecule has 1 spiro atoms. The molecule has 2 N–H and O–H groups in total. The predicted octanol–water partition coefficient (Wildman–Crippen LogP) is 0.590. The second-order valence-corrected chi connectivity index (χ2v) is 6.80. The molecule has 3 amide bonds. The van der Waals surface area contributed by atoms with E-state index in [4.69, 9.17) is 4.74 Å². The zero-order valence-electron chi connectivity index (χ0n) is 11.9. The van der Waals surface area contributed by atoms with Crippen LogP contribution in [0.4, 0.5) is 4.79 Å². The monoisotopic (exact) mass is 302 g/mol. The van der Waals surface area contributed by atoms with E-state index in [-0.39, 0.29) is 25.2 Å². The van der Waals surface area contributed by atoms with E-state index in [1.165, 1.54) is 0 Å². The van der Waals surface area contributed by atoms with Crippen LogP contribution in [0.15, 0.2) is 0 Å². The quantitative estimate of drug-likeness (QED) is 0.727. The van der Waals surface area contributed by atoms with Crippen LogP contribution < -0.4 is 5.32 Å². The molecule has 2 aliphatic heterocycles. The van der Waals surface area contributed by atoms with E-state index in [1.54, 1.807) is 11.8 Å². The molecule has 0 radical (unpaired) electrons. The SMILES string of the molecule is CC(C)OCC(O)CN1C(=O)NC2(CCSCC2)C1=O. The number of aliphatic hydroxyl groups excluding tert-OH is 1. The molecule has 114 valence electrons. The van der Waals surface area contributed by atoms with E-state index in [9.17, 15) is 14.7 Å². The fourth-order valence-electron chi connectivity index (χ4n) is 2.47. The number of ether oxygens (including phenoxy) is 1. The van der Waals surface area contributed by atoms with E-state index >= 15 is 0 Å². The second kappa shape index (κ2) is 6.32. The molecular formula is C13H22N2O4S. The summed E-state index contributed by atoms with van der Waals surface area (Å²) in [6.07, 6.45) is 0.490. The second-order valence-electron chi connectivity index (χ2n) is 5.58. The van der Waals surface area contributed by atoms with Crippen molar-refractivity contribution in [3.8, 4) is 0 Å². The Morgan fingerprint density at radius 3 is 2.65 bits per heavy atom. The topological polar surface area (TPSA) is 78.9 Å². The molecule has 0 bridgehead atoms. The number of amides is 3. The minimum atomic E-state index is -0.847. The zero-order valence-corrected chi connectivity index (χ0v) is 12.7. The molecule has 2 rings (SSSR count). The van der Waals surface area contributed by atoms with E-state index in [1.807, 2.05) is 13.8 Å².